The molecule has 2 rings (SSSR count). The van der Waals surface area contributed by atoms with Crippen molar-refractivity contribution in [1.29, 1.82) is 0 Å². The third-order valence-corrected chi connectivity index (χ3v) is 3.03. The van der Waals surface area contributed by atoms with E-state index in [1.165, 1.54) is 12.1 Å². The van der Waals surface area contributed by atoms with Crippen molar-refractivity contribution in [1.82, 2.24) is 4.98 Å². The van der Waals surface area contributed by atoms with E-state index >= 15 is 0 Å². The largest absolute Gasteiger partial charge is 0.417 e. The van der Waals surface area contributed by atoms with Gasteiger partial charge in [0, 0.05) is 30.5 Å². The van der Waals surface area contributed by atoms with Gasteiger partial charge in [-0.2, -0.15) is 13.2 Å². The van der Waals surface area contributed by atoms with Gasteiger partial charge in [-0.1, -0.05) is 6.07 Å². The molecule has 1 aromatic heterocycles. The molecule has 0 amide bonds. The van der Waals surface area contributed by atoms with Crippen LogP contribution in [0.1, 0.15) is 16.8 Å². The first-order valence-corrected chi connectivity index (χ1v) is 6.38. The molecule has 2 aromatic rings. The first-order valence-electron chi connectivity index (χ1n) is 6.38. The zero-order chi connectivity index (χ0) is 15.5. The molecule has 0 spiro atoms. The number of nitrogens with one attached hydrogen (secondary N) is 1. The minimum absolute atomic E-state index is 0.298. The quantitative estimate of drug-likeness (QED) is 0.856. The lowest BCUT2D eigenvalue weighted by atomic mass is 10.2. The number of anilines is 1. The molecule has 0 radical (unpaired) electrons. The van der Waals surface area contributed by atoms with Crippen LogP contribution in [0.2, 0.25) is 0 Å². The van der Waals surface area contributed by atoms with Crippen LogP contribution >= 0.6 is 0 Å². The number of pyridine rings is 1. The topological polar surface area (TPSA) is 24.9 Å². The molecule has 0 aliphatic carbocycles. The van der Waals surface area contributed by atoms with E-state index in [4.69, 9.17) is 0 Å². The molecule has 0 aliphatic heterocycles. The fourth-order valence-corrected chi connectivity index (χ4v) is 1.78. The Morgan fingerprint density at radius 2 is 1.90 bits per heavy atom. The lowest BCUT2D eigenvalue weighted by Gasteiger charge is -2.09. The van der Waals surface area contributed by atoms with Crippen LogP contribution in [0.15, 0.2) is 36.5 Å². The minimum Gasteiger partial charge on any atom is -0.385 e. The Bertz CT molecular complexity index is 606. The van der Waals surface area contributed by atoms with Crippen molar-refractivity contribution in [2.24, 2.45) is 0 Å². The average Bonchev–Trinajstić information content (AvgIpc) is 2.42. The van der Waals surface area contributed by atoms with Crippen molar-refractivity contribution in [3.63, 3.8) is 0 Å². The summed E-state index contributed by atoms with van der Waals surface area (Å²) >= 11 is 0. The second kappa shape index (κ2) is 6.11. The first kappa shape index (κ1) is 15.3. The predicted octanol–water partition coefficient (Wildman–Crippen LogP) is 4.20. The second-order valence-electron chi connectivity index (χ2n) is 4.68. The maximum Gasteiger partial charge on any atom is 0.417 e. The molecule has 0 atom stereocenters. The van der Waals surface area contributed by atoms with Gasteiger partial charge in [0.15, 0.2) is 0 Å². The summed E-state index contributed by atoms with van der Waals surface area (Å²) in [5.41, 5.74) is 0.970. The Hall–Kier alpha value is -2.11. The Morgan fingerprint density at radius 3 is 2.48 bits per heavy atom. The van der Waals surface area contributed by atoms with Crippen LogP contribution < -0.4 is 5.32 Å². The molecule has 1 aromatic carbocycles. The molecular weight excluding hydrogens is 284 g/mol. The van der Waals surface area contributed by atoms with Crippen LogP contribution in [0.5, 0.6) is 0 Å². The highest BCUT2D eigenvalue weighted by Gasteiger charge is 2.30. The summed E-state index contributed by atoms with van der Waals surface area (Å²) in [5, 5.41) is 3.00. The van der Waals surface area contributed by atoms with Gasteiger partial charge in [0.1, 0.15) is 5.82 Å². The number of nitrogens with zero attached hydrogens (tertiary/aromatic N) is 1. The fraction of sp³-hybridized carbons (Fsp3) is 0.267. The number of hydrogen-bond donors (Lipinski definition) is 1. The van der Waals surface area contributed by atoms with Crippen LogP contribution in [-0.4, -0.2) is 11.5 Å². The van der Waals surface area contributed by atoms with Gasteiger partial charge in [0.2, 0.25) is 0 Å². The fourth-order valence-electron chi connectivity index (χ4n) is 1.78. The number of hydrogen-bond acceptors (Lipinski definition) is 2. The van der Waals surface area contributed by atoms with Crippen LogP contribution in [-0.2, 0) is 12.6 Å². The maximum absolute atomic E-state index is 13.3. The first-order chi connectivity index (χ1) is 9.86. The molecule has 0 fully saturated rings. The maximum atomic E-state index is 13.3. The lowest BCUT2D eigenvalue weighted by molar-refractivity contribution is -0.137. The van der Waals surface area contributed by atoms with Gasteiger partial charge in [0.25, 0.3) is 0 Å². The van der Waals surface area contributed by atoms with Crippen molar-refractivity contribution < 1.29 is 17.6 Å². The smallest absolute Gasteiger partial charge is 0.385 e. The van der Waals surface area contributed by atoms with Crippen molar-refractivity contribution in [2.75, 3.05) is 11.9 Å². The third-order valence-electron chi connectivity index (χ3n) is 3.03. The predicted molar refractivity (Wildman–Crippen MR) is 72.6 cm³/mol. The molecule has 0 saturated heterocycles. The van der Waals surface area contributed by atoms with E-state index in [1.807, 2.05) is 0 Å². The molecule has 1 heterocycles. The van der Waals surface area contributed by atoms with Crippen molar-refractivity contribution in [3.8, 4) is 0 Å². The van der Waals surface area contributed by atoms with E-state index in [1.54, 1.807) is 19.1 Å². The SMILES string of the molecule is Cc1ccc(NCCc2ccc(C(F)(F)F)cn2)cc1F. The van der Waals surface area contributed by atoms with Gasteiger partial charge in [-0.25, -0.2) is 4.39 Å². The van der Waals surface area contributed by atoms with E-state index in [0.29, 0.717) is 29.9 Å². The van der Waals surface area contributed by atoms with E-state index in [2.05, 4.69) is 10.3 Å². The number of rotatable bonds is 4. The van der Waals surface area contributed by atoms with Gasteiger partial charge in [-0.3, -0.25) is 4.98 Å². The molecule has 0 bridgehead atoms. The normalized spacial score (nSPS) is 11.5. The van der Waals surface area contributed by atoms with Crippen LogP contribution in [0.25, 0.3) is 0 Å². The zero-order valence-corrected chi connectivity index (χ0v) is 11.3. The van der Waals surface area contributed by atoms with Crippen LogP contribution in [0.4, 0.5) is 23.2 Å². The van der Waals surface area contributed by atoms with Gasteiger partial charge in [-0.05, 0) is 36.8 Å². The van der Waals surface area contributed by atoms with Crippen molar-refractivity contribution in [3.05, 3.63) is 59.2 Å². The summed E-state index contributed by atoms with van der Waals surface area (Å²) in [4.78, 5) is 3.77. The van der Waals surface area contributed by atoms with E-state index < -0.39 is 11.7 Å². The van der Waals surface area contributed by atoms with Crippen molar-refractivity contribution >= 4 is 5.69 Å². The highest BCUT2D eigenvalue weighted by molar-refractivity contribution is 5.45. The Balaban J connectivity index is 1.90. The summed E-state index contributed by atoms with van der Waals surface area (Å²) in [6.45, 7) is 2.13. The number of aryl methyl sites for hydroxylation is 1. The number of benzene rings is 1. The lowest BCUT2D eigenvalue weighted by Crippen LogP contribution is -2.09. The summed E-state index contributed by atoms with van der Waals surface area (Å²) in [6, 6.07) is 7.15. The van der Waals surface area contributed by atoms with E-state index in [0.717, 1.165) is 12.3 Å². The van der Waals surface area contributed by atoms with E-state index in [9.17, 15) is 17.6 Å². The van der Waals surface area contributed by atoms with E-state index in [-0.39, 0.29) is 5.82 Å². The Morgan fingerprint density at radius 1 is 1.14 bits per heavy atom. The number of aromatic nitrogens is 1. The molecule has 0 saturated carbocycles. The van der Waals surface area contributed by atoms with Crippen LogP contribution in [0, 0.1) is 12.7 Å². The second-order valence-corrected chi connectivity index (χ2v) is 4.68. The van der Waals surface area contributed by atoms with Crippen LogP contribution in [0.3, 0.4) is 0 Å². The molecule has 6 heteroatoms. The highest BCUT2D eigenvalue weighted by atomic mass is 19.4. The summed E-state index contributed by atoms with van der Waals surface area (Å²) < 4.78 is 50.5. The standard InChI is InChI=1S/C15H14F4N2/c1-10-2-4-13(8-14(10)16)20-7-6-12-5-3-11(9-21-12)15(17,18)19/h2-5,8-9,20H,6-7H2,1H3. The zero-order valence-electron chi connectivity index (χ0n) is 11.3. The summed E-state index contributed by atoms with van der Waals surface area (Å²) in [5.74, 6) is -0.298. The Kier molecular flexibility index (Phi) is 4.45. The van der Waals surface area contributed by atoms with Gasteiger partial charge < -0.3 is 5.32 Å². The van der Waals surface area contributed by atoms with Gasteiger partial charge >= 0.3 is 6.18 Å². The molecule has 1 N–H and O–H groups in total. The summed E-state index contributed by atoms with van der Waals surface area (Å²) in [6.07, 6.45) is -3.10. The third kappa shape index (κ3) is 4.18. The Labute approximate surface area is 119 Å². The molecular formula is C15H14F4N2. The van der Waals surface area contributed by atoms with Gasteiger partial charge in [0.05, 0.1) is 5.56 Å². The summed E-state index contributed by atoms with van der Waals surface area (Å²) in [7, 11) is 0. The number of alkyl halides is 3. The average molecular weight is 298 g/mol. The molecule has 21 heavy (non-hydrogen) atoms. The molecule has 2 nitrogen and oxygen atoms in total. The number of halogens is 4. The van der Waals surface area contributed by atoms with Crippen molar-refractivity contribution in [2.45, 2.75) is 19.5 Å². The molecule has 112 valence electrons. The minimum atomic E-state index is -4.37. The highest BCUT2D eigenvalue weighted by Crippen LogP contribution is 2.28. The molecule has 0 unspecified atom stereocenters. The van der Waals surface area contributed by atoms with Gasteiger partial charge in [-0.15, -0.1) is 0 Å². The monoisotopic (exact) mass is 298 g/mol. The molecule has 0 aliphatic rings.